The van der Waals surface area contributed by atoms with E-state index in [0.717, 1.165) is 36.4 Å². The molecule has 176 valence electrons. The maximum atomic E-state index is 12.9. The first kappa shape index (κ1) is 21.0. The van der Waals surface area contributed by atoms with Gasteiger partial charge in [-0.15, -0.1) is 11.3 Å². The second-order valence-corrected chi connectivity index (χ2v) is 9.78. The molecule has 0 bridgehead atoms. The van der Waals surface area contributed by atoms with Gasteiger partial charge in [-0.2, -0.15) is 0 Å². The molecule has 34 heavy (non-hydrogen) atoms. The summed E-state index contributed by atoms with van der Waals surface area (Å²) in [7, 11) is 1.60. The van der Waals surface area contributed by atoms with Crippen LogP contribution in [0.4, 0.5) is 17.6 Å². The molecule has 1 saturated carbocycles. The number of piperidine rings is 1. The van der Waals surface area contributed by atoms with Crippen LogP contribution in [0.15, 0.2) is 24.1 Å². The average Bonchev–Trinajstić information content (AvgIpc) is 3.23. The Morgan fingerprint density at radius 1 is 1.26 bits per heavy atom. The molecule has 0 radical (unpaired) electrons. The highest BCUT2D eigenvalue weighted by molar-refractivity contribution is 7.13. The van der Waals surface area contributed by atoms with Gasteiger partial charge in [0, 0.05) is 43.5 Å². The van der Waals surface area contributed by atoms with E-state index in [0.29, 0.717) is 16.6 Å². The Kier molecular flexibility index (Phi) is 4.78. The minimum Gasteiger partial charge on any atom is -0.356 e. The van der Waals surface area contributed by atoms with Gasteiger partial charge in [-0.3, -0.25) is 9.59 Å². The summed E-state index contributed by atoms with van der Waals surface area (Å²) in [6.07, 6.45) is 5.11. The standard InChI is InChI=1S/C21H23N9O3S/c1-10(30-9-24-16-15(30)18(32)27-21(33)28(16)2)17(31)25-14-8-34-19(26-14)13-4-22-20(23-5-13)29-6-11-3-12(11)7-29/h4-5,8-12,21,33H,3,6-7H2,1-2H3,(H,25,31)(H,27,32)/t10-,11?,12?,21?/m0/s1. The Morgan fingerprint density at radius 2 is 2.00 bits per heavy atom. The molecule has 2 aliphatic heterocycles. The number of nitrogens with zero attached hydrogens (tertiary/aromatic N) is 7. The van der Waals surface area contributed by atoms with E-state index in [-0.39, 0.29) is 11.6 Å². The van der Waals surface area contributed by atoms with E-state index in [1.165, 1.54) is 33.6 Å². The quantitative estimate of drug-likeness (QED) is 0.485. The summed E-state index contributed by atoms with van der Waals surface area (Å²) in [4.78, 5) is 46.6. The van der Waals surface area contributed by atoms with Crippen LogP contribution in [0.2, 0.25) is 0 Å². The number of hydrogen-bond acceptors (Lipinski definition) is 10. The van der Waals surface area contributed by atoms with E-state index in [9.17, 15) is 14.7 Å². The lowest BCUT2D eigenvalue weighted by atomic mass is 10.2. The molecule has 3 aliphatic rings. The van der Waals surface area contributed by atoms with Crippen LogP contribution in [-0.2, 0) is 4.79 Å². The van der Waals surface area contributed by atoms with Crippen molar-refractivity contribution in [3.8, 4) is 10.6 Å². The number of nitrogens with one attached hydrogen (secondary N) is 2. The van der Waals surface area contributed by atoms with Gasteiger partial charge in [0.15, 0.2) is 11.5 Å². The maximum Gasteiger partial charge on any atom is 0.275 e. The first-order chi connectivity index (χ1) is 16.4. The lowest BCUT2D eigenvalue weighted by Gasteiger charge is -2.30. The molecule has 0 spiro atoms. The Morgan fingerprint density at radius 3 is 2.74 bits per heavy atom. The van der Waals surface area contributed by atoms with Crippen molar-refractivity contribution in [1.29, 1.82) is 0 Å². The van der Waals surface area contributed by atoms with Crippen molar-refractivity contribution in [1.82, 2.24) is 29.8 Å². The third kappa shape index (κ3) is 3.47. The van der Waals surface area contributed by atoms with E-state index in [1.54, 1.807) is 31.7 Å². The molecule has 2 fully saturated rings. The number of carbonyl (C=O) groups is 2. The van der Waals surface area contributed by atoms with Crippen molar-refractivity contribution >= 4 is 40.7 Å². The normalized spacial score (nSPS) is 23.9. The minimum absolute atomic E-state index is 0.210. The molecule has 3 aromatic heterocycles. The van der Waals surface area contributed by atoms with Crippen LogP contribution in [0.5, 0.6) is 0 Å². The Balaban J connectivity index is 1.14. The van der Waals surface area contributed by atoms with Gasteiger partial charge in [0.1, 0.15) is 16.9 Å². The second kappa shape index (κ2) is 7.74. The number of rotatable bonds is 5. The fourth-order valence-corrected chi connectivity index (χ4v) is 5.22. The molecule has 1 aliphatic carbocycles. The van der Waals surface area contributed by atoms with Gasteiger partial charge >= 0.3 is 0 Å². The van der Waals surface area contributed by atoms with Crippen LogP contribution in [-0.4, -0.2) is 67.9 Å². The molecule has 1 saturated heterocycles. The summed E-state index contributed by atoms with van der Waals surface area (Å²) in [6.45, 7) is 3.74. The number of amides is 2. The van der Waals surface area contributed by atoms with Crippen molar-refractivity contribution in [3.63, 3.8) is 0 Å². The number of carbonyl (C=O) groups excluding carboxylic acids is 2. The molecule has 13 heteroatoms. The van der Waals surface area contributed by atoms with Gasteiger partial charge in [-0.25, -0.2) is 19.9 Å². The summed E-state index contributed by atoms with van der Waals surface area (Å²) < 4.78 is 1.48. The summed E-state index contributed by atoms with van der Waals surface area (Å²) in [5, 5.41) is 17.5. The lowest BCUT2D eigenvalue weighted by Crippen LogP contribution is -2.51. The zero-order valence-corrected chi connectivity index (χ0v) is 19.4. The minimum atomic E-state index is -1.17. The average molecular weight is 482 g/mol. The molecule has 6 rings (SSSR count). The SMILES string of the molecule is C[C@@H](C(=O)Nc1csc(-c2cnc(N3CC4CC4C3)nc2)n1)n1cnc2c1C(=O)NC(O)N2C. The number of aliphatic hydroxyl groups excluding tert-OH is 1. The Bertz CT molecular complexity index is 1260. The number of thiazole rings is 1. The topological polar surface area (TPSA) is 141 Å². The number of hydrogen-bond donors (Lipinski definition) is 3. The summed E-state index contributed by atoms with van der Waals surface area (Å²) in [5.41, 5.74) is 0.996. The van der Waals surface area contributed by atoms with Crippen molar-refractivity contribution in [2.45, 2.75) is 25.7 Å². The number of anilines is 3. The number of fused-ring (bicyclic) bond motifs is 2. The van der Waals surface area contributed by atoms with Gasteiger partial charge in [0.2, 0.25) is 18.2 Å². The van der Waals surface area contributed by atoms with Crippen molar-refractivity contribution in [2.24, 2.45) is 11.8 Å². The maximum absolute atomic E-state index is 12.9. The predicted molar refractivity (Wildman–Crippen MR) is 124 cm³/mol. The molecular weight excluding hydrogens is 458 g/mol. The molecular formula is C21H23N9O3S. The molecule has 3 N–H and O–H groups in total. The van der Waals surface area contributed by atoms with Crippen molar-refractivity contribution in [2.75, 3.05) is 35.3 Å². The van der Waals surface area contributed by atoms with Crippen molar-refractivity contribution < 1.29 is 14.7 Å². The fraction of sp³-hybridized carbons (Fsp3) is 0.429. The monoisotopic (exact) mass is 481 g/mol. The number of imidazole rings is 1. The van der Waals surface area contributed by atoms with Gasteiger partial charge in [0.25, 0.3) is 5.91 Å². The van der Waals surface area contributed by atoms with Gasteiger partial charge in [-0.05, 0) is 25.2 Å². The third-order valence-corrected chi connectivity index (χ3v) is 7.54. The highest BCUT2D eigenvalue weighted by Crippen LogP contribution is 2.45. The smallest absolute Gasteiger partial charge is 0.275 e. The molecule has 5 heterocycles. The first-order valence-electron chi connectivity index (χ1n) is 11.0. The van der Waals surface area contributed by atoms with Gasteiger partial charge < -0.3 is 30.1 Å². The van der Waals surface area contributed by atoms with Crippen LogP contribution in [0.1, 0.15) is 29.9 Å². The largest absolute Gasteiger partial charge is 0.356 e. The second-order valence-electron chi connectivity index (χ2n) is 8.92. The molecule has 4 atom stereocenters. The zero-order chi connectivity index (χ0) is 23.6. The van der Waals surface area contributed by atoms with E-state index >= 15 is 0 Å². The summed E-state index contributed by atoms with van der Waals surface area (Å²) in [5.74, 6) is 2.24. The van der Waals surface area contributed by atoms with Crippen LogP contribution < -0.4 is 20.4 Å². The first-order valence-corrected chi connectivity index (χ1v) is 11.9. The van der Waals surface area contributed by atoms with Gasteiger partial charge in [0.05, 0.1) is 6.33 Å². The van der Waals surface area contributed by atoms with Crippen LogP contribution in [0.3, 0.4) is 0 Å². The van der Waals surface area contributed by atoms with Gasteiger partial charge in [-0.1, -0.05) is 0 Å². The van der Waals surface area contributed by atoms with Crippen LogP contribution >= 0.6 is 11.3 Å². The summed E-state index contributed by atoms with van der Waals surface area (Å²) in [6, 6.07) is -0.731. The summed E-state index contributed by atoms with van der Waals surface area (Å²) >= 11 is 1.39. The highest BCUT2D eigenvalue weighted by Gasteiger charge is 2.45. The van der Waals surface area contributed by atoms with Crippen LogP contribution in [0.25, 0.3) is 10.6 Å². The van der Waals surface area contributed by atoms with Crippen molar-refractivity contribution in [3.05, 3.63) is 29.8 Å². The zero-order valence-electron chi connectivity index (χ0n) is 18.5. The van der Waals surface area contributed by atoms with E-state index in [4.69, 9.17) is 0 Å². The van der Waals surface area contributed by atoms with E-state index < -0.39 is 18.3 Å². The van der Waals surface area contributed by atoms with E-state index in [1.807, 2.05) is 0 Å². The fourth-order valence-electron chi connectivity index (χ4n) is 4.50. The predicted octanol–water partition coefficient (Wildman–Crippen LogP) is 0.908. The third-order valence-electron chi connectivity index (χ3n) is 6.65. The Hall–Kier alpha value is -3.58. The highest BCUT2D eigenvalue weighted by atomic mass is 32.1. The molecule has 2 amide bonds. The van der Waals surface area contributed by atoms with E-state index in [2.05, 4.69) is 35.5 Å². The lowest BCUT2D eigenvalue weighted by molar-refractivity contribution is -0.118. The molecule has 12 nitrogen and oxygen atoms in total. The number of aromatic nitrogens is 5. The molecule has 3 aromatic rings. The molecule has 3 unspecified atom stereocenters. The Labute approximate surface area is 198 Å². The number of aliphatic hydroxyl groups is 1. The van der Waals surface area contributed by atoms with Crippen LogP contribution in [0, 0.1) is 11.8 Å². The molecule has 0 aromatic carbocycles.